The van der Waals surface area contributed by atoms with Crippen molar-refractivity contribution >= 4 is 32.6 Å². The fourth-order valence-corrected chi connectivity index (χ4v) is 10.6. The first-order chi connectivity index (χ1) is 28.5. The van der Waals surface area contributed by atoms with Gasteiger partial charge >= 0.3 is 0 Å². The van der Waals surface area contributed by atoms with Crippen LogP contribution in [0.4, 0.5) is 0 Å². The Morgan fingerprint density at radius 2 is 1.09 bits per heavy atom. The van der Waals surface area contributed by atoms with E-state index < -0.39 is 0 Å². The van der Waals surface area contributed by atoms with E-state index in [1.54, 1.807) is 14.2 Å². The van der Waals surface area contributed by atoms with Gasteiger partial charge in [-0.2, -0.15) is 0 Å². The van der Waals surface area contributed by atoms with Crippen LogP contribution in [0.1, 0.15) is 49.0 Å². The number of piperidine rings is 6. The molecule has 8 unspecified atom stereocenters. The summed E-state index contributed by atoms with van der Waals surface area (Å²) in [5, 5.41) is 13.5. The van der Waals surface area contributed by atoms with Crippen LogP contribution < -0.4 is 18.9 Å². The van der Waals surface area contributed by atoms with Crippen molar-refractivity contribution in [3.05, 3.63) is 122 Å². The smallest absolute Gasteiger partial charge is 0.242 e. The van der Waals surface area contributed by atoms with Crippen LogP contribution in [-0.4, -0.2) is 82.4 Å². The quantitative estimate of drug-likeness (QED) is 0.112. The first-order valence-electron chi connectivity index (χ1n) is 20.7. The zero-order valence-electron chi connectivity index (χ0n) is 33.2. The lowest BCUT2D eigenvalue weighted by molar-refractivity contribution is -0.0382. The Bertz CT molecular complexity index is 2340. The molecular weight excluding hydrogens is 725 g/mol. The van der Waals surface area contributed by atoms with Gasteiger partial charge in [0.15, 0.2) is 0 Å². The van der Waals surface area contributed by atoms with E-state index in [-0.39, 0.29) is 24.3 Å². The van der Waals surface area contributed by atoms with Gasteiger partial charge in [-0.25, -0.2) is 0 Å². The van der Waals surface area contributed by atoms with Crippen molar-refractivity contribution in [2.24, 2.45) is 23.7 Å². The molecule has 3 aromatic carbocycles. The fraction of sp³-hybridized carbons (Fsp3) is 0.375. The predicted molar refractivity (Wildman–Crippen MR) is 226 cm³/mol. The number of pyridine rings is 2. The van der Waals surface area contributed by atoms with Gasteiger partial charge in [-0.3, -0.25) is 19.8 Å². The topological polar surface area (TPSA) is 95.0 Å². The minimum absolute atomic E-state index is 0.125. The van der Waals surface area contributed by atoms with E-state index in [4.69, 9.17) is 39.1 Å². The SMILES string of the molecule is C=CC1CN2CCC1C[C@H]2C(Oc1nnc(OC(c2ccnc3ccc(OC)cc23)[C@@H]2CC3CCN2CC3C=C)c2ccccc12)c1ccnc2ccc(OC)cc12. The van der Waals surface area contributed by atoms with Crippen molar-refractivity contribution in [2.45, 2.75) is 50.0 Å². The van der Waals surface area contributed by atoms with Crippen LogP contribution in [0.25, 0.3) is 32.6 Å². The minimum atomic E-state index is -0.343. The van der Waals surface area contributed by atoms with E-state index in [2.05, 4.69) is 71.5 Å². The average Bonchev–Trinajstić information content (AvgIpc) is 3.29. The van der Waals surface area contributed by atoms with Gasteiger partial charge in [-0.05, 0) is 123 Å². The Kier molecular flexibility index (Phi) is 9.69. The summed E-state index contributed by atoms with van der Waals surface area (Å²) < 4.78 is 25.9. The molecule has 3 aromatic heterocycles. The summed E-state index contributed by atoms with van der Waals surface area (Å²) in [6.45, 7) is 12.3. The van der Waals surface area contributed by atoms with Gasteiger partial charge in [-0.1, -0.05) is 24.3 Å². The van der Waals surface area contributed by atoms with Crippen molar-refractivity contribution in [2.75, 3.05) is 40.4 Å². The average molecular weight is 775 g/mol. The van der Waals surface area contributed by atoms with Crippen molar-refractivity contribution in [1.82, 2.24) is 30.0 Å². The summed E-state index contributed by atoms with van der Waals surface area (Å²) in [6, 6.07) is 24.7. The second kappa shape index (κ2) is 15.3. The number of methoxy groups -OCH3 is 2. The maximum absolute atomic E-state index is 7.26. The molecule has 4 bridgehead atoms. The Morgan fingerprint density at radius 3 is 1.48 bits per heavy atom. The van der Waals surface area contributed by atoms with Gasteiger partial charge in [0.25, 0.3) is 0 Å². The van der Waals surface area contributed by atoms with E-state index in [1.807, 2.05) is 48.8 Å². The Morgan fingerprint density at radius 1 is 0.621 bits per heavy atom. The third-order valence-electron chi connectivity index (χ3n) is 13.7. The first kappa shape index (κ1) is 36.7. The molecular formula is C48H50N6O4. The van der Waals surface area contributed by atoms with Gasteiger partial charge in [-0.15, -0.1) is 23.4 Å². The lowest BCUT2D eigenvalue weighted by Gasteiger charge is -2.51. The summed E-state index contributed by atoms with van der Waals surface area (Å²) in [5.74, 6) is 4.57. The van der Waals surface area contributed by atoms with Gasteiger partial charge in [0.1, 0.15) is 23.7 Å². The first-order valence-corrected chi connectivity index (χ1v) is 20.7. The highest BCUT2D eigenvalue weighted by Gasteiger charge is 2.46. The second-order valence-corrected chi connectivity index (χ2v) is 16.5. The fourth-order valence-electron chi connectivity index (χ4n) is 10.6. The Hall–Kier alpha value is -5.58. The number of hydrogen-bond donors (Lipinski definition) is 0. The molecule has 58 heavy (non-hydrogen) atoms. The third-order valence-corrected chi connectivity index (χ3v) is 13.7. The Labute approximate surface area is 339 Å². The molecule has 6 aliphatic heterocycles. The predicted octanol–water partition coefficient (Wildman–Crippen LogP) is 8.78. The molecule has 6 aliphatic rings. The van der Waals surface area contributed by atoms with Crippen molar-refractivity contribution in [1.29, 1.82) is 0 Å². The van der Waals surface area contributed by atoms with E-state index >= 15 is 0 Å². The number of benzene rings is 3. The minimum Gasteiger partial charge on any atom is -0.497 e. The number of nitrogens with zero attached hydrogens (tertiary/aromatic N) is 6. The van der Waals surface area contributed by atoms with Gasteiger partial charge in [0.05, 0.1) is 48.1 Å². The molecule has 10 nitrogen and oxygen atoms in total. The monoisotopic (exact) mass is 774 g/mol. The van der Waals surface area contributed by atoms with Crippen molar-refractivity contribution in [3.63, 3.8) is 0 Å². The summed E-state index contributed by atoms with van der Waals surface area (Å²) in [7, 11) is 3.40. The summed E-state index contributed by atoms with van der Waals surface area (Å²) in [6.07, 6.45) is 11.7. The number of rotatable bonds is 12. The van der Waals surface area contributed by atoms with E-state index in [9.17, 15) is 0 Å². The van der Waals surface area contributed by atoms with Crippen LogP contribution >= 0.6 is 0 Å². The lowest BCUT2D eigenvalue weighted by atomic mass is 9.73. The van der Waals surface area contributed by atoms with Crippen LogP contribution in [0.2, 0.25) is 0 Å². The molecule has 296 valence electrons. The van der Waals surface area contributed by atoms with Crippen molar-refractivity contribution < 1.29 is 18.9 Å². The largest absolute Gasteiger partial charge is 0.497 e. The molecule has 6 aromatic rings. The van der Waals surface area contributed by atoms with Crippen molar-refractivity contribution in [3.8, 4) is 23.3 Å². The maximum atomic E-state index is 7.26. The summed E-state index contributed by atoms with van der Waals surface area (Å²) >= 11 is 0. The van der Waals surface area contributed by atoms with Crippen LogP contribution in [0.5, 0.6) is 23.3 Å². The maximum Gasteiger partial charge on any atom is 0.242 e. The molecule has 6 fully saturated rings. The molecule has 6 saturated heterocycles. The lowest BCUT2D eigenvalue weighted by Crippen LogP contribution is -2.55. The van der Waals surface area contributed by atoms with Crippen LogP contribution in [0.15, 0.2) is 111 Å². The molecule has 9 heterocycles. The normalized spacial score (nSPS) is 27.3. The second-order valence-electron chi connectivity index (χ2n) is 16.5. The van der Waals surface area contributed by atoms with Crippen LogP contribution in [0, 0.1) is 23.7 Å². The molecule has 0 amide bonds. The highest BCUT2D eigenvalue weighted by Crippen LogP contribution is 2.47. The van der Waals surface area contributed by atoms with Gasteiger partial charge < -0.3 is 18.9 Å². The van der Waals surface area contributed by atoms with E-state index in [0.717, 1.165) is 107 Å². The molecule has 0 radical (unpaired) electrons. The number of hydrogen-bond acceptors (Lipinski definition) is 10. The molecule has 0 aliphatic carbocycles. The molecule has 10 heteroatoms. The number of fused-ring (bicyclic) bond motifs is 9. The molecule has 0 saturated carbocycles. The molecule has 10 atom stereocenters. The number of aromatic nitrogens is 4. The Balaban J connectivity index is 1.07. The highest BCUT2D eigenvalue weighted by atomic mass is 16.5. The zero-order valence-corrected chi connectivity index (χ0v) is 33.2. The van der Waals surface area contributed by atoms with Gasteiger partial charge in [0.2, 0.25) is 11.8 Å². The van der Waals surface area contributed by atoms with Crippen LogP contribution in [0.3, 0.4) is 0 Å². The zero-order chi connectivity index (χ0) is 39.3. The van der Waals surface area contributed by atoms with E-state index in [0.29, 0.717) is 35.4 Å². The molecule has 0 spiro atoms. The summed E-state index contributed by atoms with van der Waals surface area (Å²) in [5.41, 5.74) is 3.90. The summed E-state index contributed by atoms with van der Waals surface area (Å²) in [4.78, 5) is 14.6. The number of ether oxygens (including phenoxy) is 4. The van der Waals surface area contributed by atoms with Gasteiger partial charge in [0, 0.05) is 47.4 Å². The van der Waals surface area contributed by atoms with E-state index in [1.165, 1.54) is 0 Å². The standard InChI is InChI=1S/C48H50N6O4/c1-5-29-27-53-21-17-31(29)23-43(53)45(35-15-19-49-41-13-11-33(55-3)25-39(35)41)57-47-37-9-7-8-10-38(37)48(52-51-47)58-46(44-24-32-18-22-54(44)28-30(32)6-2)36-16-20-50-42-14-12-34(56-4)26-40(36)42/h5-16,19-20,25-26,29-32,43-46H,1-2,17-18,21-24,27-28H2,3-4H3/t29?,30?,31?,32?,43-,44-,45?,46?/m0/s1. The highest BCUT2D eigenvalue weighted by molar-refractivity contribution is 5.91. The van der Waals surface area contributed by atoms with Crippen LogP contribution in [-0.2, 0) is 0 Å². The molecule has 0 N–H and O–H groups in total. The third kappa shape index (κ3) is 6.43. The molecule has 12 rings (SSSR count).